The van der Waals surface area contributed by atoms with Gasteiger partial charge in [-0.15, -0.1) is 24.0 Å². The summed E-state index contributed by atoms with van der Waals surface area (Å²) in [5, 5.41) is 6.40. The van der Waals surface area contributed by atoms with Crippen molar-refractivity contribution in [2.24, 2.45) is 4.99 Å². The standard InChI is InChI=1S/C20H24FN3O.HI/c1-22-20(23-13-15-7-2-4-11-18(15)21)24-14-16-8-3-5-12-19(16)25-17-9-6-10-17;/h2-5,7-8,11-12,17H,6,9-10,13-14H2,1H3,(H2,22,23,24);1H. The van der Waals surface area contributed by atoms with Crippen molar-refractivity contribution in [2.45, 2.75) is 38.5 Å². The Hall–Kier alpha value is -1.83. The molecule has 0 atom stereocenters. The lowest BCUT2D eigenvalue weighted by Gasteiger charge is -2.27. The van der Waals surface area contributed by atoms with E-state index in [4.69, 9.17) is 4.74 Å². The van der Waals surface area contributed by atoms with Crippen LogP contribution < -0.4 is 15.4 Å². The van der Waals surface area contributed by atoms with Crippen LogP contribution in [0.2, 0.25) is 0 Å². The first-order valence-electron chi connectivity index (χ1n) is 8.69. The second kappa shape index (κ2) is 10.4. The van der Waals surface area contributed by atoms with Crippen molar-refractivity contribution in [1.29, 1.82) is 0 Å². The number of para-hydroxylation sites is 1. The highest BCUT2D eigenvalue weighted by molar-refractivity contribution is 14.0. The Kier molecular flexibility index (Phi) is 8.15. The minimum Gasteiger partial charge on any atom is -0.490 e. The van der Waals surface area contributed by atoms with Crippen molar-refractivity contribution in [3.63, 3.8) is 0 Å². The van der Waals surface area contributed by atoms with Gasteiger partial charge in [0.15, 0.2) is 5.96 Å². The van der Waals surface area contributed by atoms with E-state index in [1.54, 1.807) is 19.2 Å². The van der Waals surface area contributed by atoms with Crippen molar-refractivity contribution >= 4 is 29.9 Å². The molecule has 1 saturated carbocycles. The first-order valence-corrected chi connectivity index (χ1v) is 8.69. The summed E-state index contributed by atoms with van der Waals surface area (Å²) < 4.78 is 19.7. The van der Waals surface area contributed by atoms with Crippen molar-refractivity contribution in [3.8, 4) is 5.75 Å². The maximum Gasteiger partial charge on any atom is 0.191 e. The molecule has 0 heterocycles. The molecule has 2 aromatic carbocycles. The van der Waals surface area contributed by atoms with Crippen LogP contribution in [0.1, 0.15) is 30.4 Å². The van der Waals surface area contributed by atoms with Crippen LogP contribution >= 0.6 is 24.0 Å². The van der Waals surface area contributed by atoms with Crippen LogP contribution in [-0.4, -0.2) is 19.1 Å². The van der Waals surface area contributed by atoms with E-state index >= 15 is 0 Å². The van der Waals surface area contributed by atoms with Gasteiger partial charge in [-0.3, -0.25) is 4.99 Å². The molecule has 0 saturated heterocycles. The maximum atomic E-state index is 13.7. The average molecular weight is 469 g/mol. The Labute approximate surface area is 171 Å². The molecule has 0 aliphatic heterocycles. The SMILES string of the molecule is CN=C(NCc1ccccc1F)NCc1ccccc1OC1CCC1.I. The highest BCUT2D eigenvalue weighted by Crippen LogP contribution is 2.27. The first-order chi connectivity index (χ1) is 12.3. The Bertz CT molecular complexity index is 735. The topological polar surface area (TPSA) is 45.7 Å². The summed E-state index contributed by atoms with van der Waals surface area (Å²) in [6, 6.07) is 14.8. The van der Waals surface area contributed by atoms with Gasteiger partial charge in [0.25, 0.3) is 0 Å². The van der Waals surface area contributed by atoms with Gasteiger partial charge >= 0.3 is 0 Å². The average Bonchev–Trinajstić information content (AvgIpc) is 2.60. The molecule has 0 bridgehead atoms. The van der Waals surface area contributed by atoms with Crippen LogP contribution in [0.25, 0.3) is 0 Å². The number of hydrogen-bond acceptors (Lipinski definition) is 2. The lowest BCUT2D eigenvalue weighted by atomic mass is 9.96. The van der Waals surface area contributed by atoms with Gasteiger partial charge in [0, 0.05) is 31.3 Å². The number of hydrogen-bond donors (Lipinski definition) is 2. The van der Waals surface area contributed by atoms with Crippen LogP contribution in [0.4, 0.5) is 4.39 Å². The molecule has 3 rings (SSSR count). The van der Waals surface area contributed by atoms with Gasteiger partial charge < -0.3 is 15.4 Å². The fourth-order valence-electron chi connectivity index (χ4n) is 2.65. The predicted molar refractivity (Wildman–Crippen MR) is 114 cm³/mol. The molecule has 4 nitrogen and oxygen atoms in total. The molecule has 0 unspecified atom stereocenters. The number of nitrogens with zero attached hydrogens (tertiary/aromatic N) is 1. The monoisotopic (exact) mass is 469 g/mol. The number of nitrogens with one attached hydrogen (secondary N) is 2. The number of aliphatic imine (C=N–C) groups is 1. The van der Waals surface area contributed by atoms with Gasteiger partial charge in [-0.1, -0.05) is 36.4 Å². The third-order valence-electron chi connectivity index (χ3n) is 4.39. The molecular formula is C20H25FIN3O. The van der Waals surface area contributed by atoms with Gasteiger partial charge in [-0.05, 0) is 31.4 Å². The molecule has 1 fully saturated rings. The minimum absolute atomic E-state index is 0. The van der Waals surface area contributed by atoms with E-state index in [9.17, 15) is 4.39 Å². The largest absolute Gasteiger partial charge is 0.490 e. The summed E-state index contributed by atoms with van der Waals surface area (Å²) in [5.74, 6) is 1.33. The molecule has 0 aromatic heterocycles. The molecule has 0 spiro atoms. The Morgan fingerprint density at radius 1 is 1.04 bits per heavy atom. The molecule has 0 amide bonds. The van der Waals surface area contributed by atoms with Crippen LogP contribution in [0.15, 0.2) is 53.5 Å². The van der Waals surface area contributed by atoms with E-state index in [1.807, 2.05) is 30.3 Å². The second-order valence-electron chi connectivity index (χ2n) is 6.15. The number of guanidine groups is 1. The first kappa shape index (κ1) is 20.5. The normalized spacial score (nSPS) is 14.2. The number of ether oxygens (including phenoxy) is 1. The van der Waals surface area contributed by atoms with Crippen LogP contribution in [-0.2, 0) is 13.1 Å². The summed E-state index contributed by atoms with van der Waals surface area (Å²) in [5.41, 5.74) is 1.70. The highest BCUT2D eigenvalue weighted by Gasteiger charge is 2.20. The van der Waals surface area contributed by atoms with E-state index in [1.165, 1.54) is 12.5 Å². The fourth-order valence-corrected chi connectivity index (χ4v) is 2.65. The van der Waals surface area contributed by atoms with E-state index in [-0.39, 0.29) is 29.8 Å². The zero-order chi connectivity index (χ0) is 17.5. The quantitative estimate of drug-likeness (QED) is 0.378. The molecule has 26 heavy (non-hydrogen) atoms. The van der Waals surface area contributed by atoms with E-state index in [0.29, 0.717) is 30.7 Å². The van der Waals surface area contributed by atoms with E-state index < -0.39 is 0 Å². The fraction of sp³-hybridized carbons (Fsp3) is 0.350. The molecule has 2 N–H and O–H groups in total. The summed E-state index contributed by atoms with van der Waals surface area (Å²) in [6.45, 7) is 0.979. The van der Waals surface area contributed by atoms with Gasteiger partial charge in [0.2, 0.25) is 0 Å². The summed E-state index contributed by atoms with van der Waals surface area (Å²) in [7, 11) is 1.70. The minimum atomic E-state index is -0.218. The van der Waals surface area contributed by atoms with Crippen LogP contribution in [0, 0.1) is 5.82 Å². The van der Waals surface area contributed by atoms with Gasteiger partial charge in [0.05, 0.1) is 6.10 Å². The Morgan fingerprint density at radius 3 is 2.27 bits per heavy atom. The number of halogens is 2. The zero-order valence-electron chi connectivity index (χ0n) is 14.9. The molecule has 0 radical (unpaired) electrons. The molecular weight excluding hydrogens is 444 g/mol. The van der Waals surface area contributed by atoms with Crippen molar-refractivity contribution < 1.29 is 9.13 Å². The smallest absolute Gasteiger partial charge is 0.191 e. The van der Waals surface area contributed by atoms with Gasteiger partial charge in [-0.25, -0.2) is 4.39 Å². The maximum absolute atomic E-state index is 13.7. The van der Waals surface area contributed by atoms with Crippen molar-refractivity contribution in [1.82, 2.24) is 10.6 Å². The predicted octanol–water partition coefficient (Wildman–Crippen LogP) is 4.24. The van der Waals surface area contributed by atoms with E-state index in [2.05, 4.69) is 15.6 Å². The Balaban J connectivity index is 0.00000243. The van der Waals surface area contributed by atoms with Gasteiger partial charge in [0.1, 0.15) is 11.6 Å². The third kappa shape index (κ3) is 5.59. The van der Waals surface area contributed by atoms with E-state index in [0.717, 1.165) is 24.2 Å². The summed E-state index contributed by atoms with van der Waals surface area (Å²) in [4.78, 5) is 4.20. The van der Waals surface area contributed by atoms with Crippen LogP contribution in [0.3, 0.4) is 0 Å². The van der Waals surface area contributed by atoms with Crippen molar-refractivity contribution in [3.05, 3.63) is 65.5 Å². The van der Waals surface area contributed by atoms with Crippen molar-refractivity contribution in [2.75, 3.05) is 7.05 Å². The second-order valence-corrected chi connectivity index (χ2v) is 6.15. The molecule has 2 aromatic rings. The lowest BCUT2D eigenvalue weighted by Crippen LogP contribution is -2.36. The summed E-state index contributed by atoms with van der Waals surface area (Å²) in [6.07, 6.45) is 3.86. The number of benzene rings is 2. The van der Waals surface area contributed by atoms with Gasteiger partial charge in [-0.2, -0.15) is 0 Å². The molecule has 1 aliphatic carbocycles. The lowest BCUT2D eigenvalue weighted by molar-refractivity contribution is 0.119. The highest BCUT2D eigenvalue weighted by atomic mass is 127. The van der Waals surface area contributed by atoms with Crippen LogP contribution in [0.5, 0.6) is 5.75 Å². The molecule has 1 aliphatic rings. The molecule has 6 heteroatoms. The Morgan fingerprint density at radius 2 is 1.65 bits per heavy atom. The zero-order valence-corrected chi connectivity index (χ0v) is 17.2. The molecule has 140 valence electrons. The summed E-state index contributed by atoms with van der Waals surface area (Å²) >= 11 is 0. The number of rotatable bonds is 6. The third-order valence-corrected chi connectivity index (χ3v) is 4.39.